The van der Waals surface area contributed by atoms with Crippen LogP contribution in [0.15, 0.2) is 30.3 Å². The van der Waals surface area contributed by atoms with Gasteiger partial charge in [-0.2, -0.15) is 0 Å². The standard InChI is InChI=1S/C26H38N2O5/c1-25(2,3)33-24(30)28-15-7-14-26(18-31-17-23(29)27-26)22(28)16-32-21-12-10-20(11-13-21)19-8-5-4-6-9-19/h4-6,8-9,20-22H,7,10-18H2,1-3H3,(H,27,29). The molecule has 182 valence electrons. The number of nitrogens with zero attached hydrogens (tertiary/aromatic N) is 1. The molecule has 3 aliphatic rings. The van der Waals surface area contributed by atoms with Crippen molar-refractivity contribution in [3.8, 4) is 0 Å². The summed E-state index contributed by atoms with van der Waals surface area (Å²) in [6.07, 6.45) is 5.52. The first kappa shape index (κ1) is 24.0. The number of morpholine rings is 1. The molecule has 1 aromatic carbocycles. The zero-order valence-electron chi connectivity index (χ0n) is 20.2. The van der Waals surface area contributed by atoms with E-state index in [-0.39, 0.29) is 30.8 Å². The van der Waals surface area contributed by atoms with E-state index < -0.39 is 11.1 Å². The molecule has 0 radical (unpaired) electrons. The lowest BCUT2D eigenvalue weighted by Crippen LogP contribution is -2.72. The first-order valence-electron chi connectivity index (χ1n) is 12.3. The average molecular weight is 459 g/mol. The van der Waals surface area contributed by atoms with E-state index in [1.807, 2.05) is 20.8 Å². The Balaban J connectivity index is 1.43. The smallest absolute Gasteiger partial charge is 0.410 e. The summed E-state index contributed by atoms with van der Waals surface area (Å²) >= 11 is 0. The Labute approximate surface area is 197 Å². The zero-order valence-corrected chi connectivity index (χ0v) is 20.2. The quantitative estimate of drug-likeness (QED) is 0.738. The third kappa shape index (κ3) is 5.87. The van der Waals surface area contributed by atoms with Gasteiger partial charge in [-0.05, 0) is 70.8 Å². The van der Waals surface area contributed by atoms with Crippen molar-refractivity contribution in [2.24, 2.45) is 0 Å². The van der Waals surface area contributed by atoms with Crippen LogP contribution in [-0.4, -0.2) is 66.6 Å². The second kappa shape index (κ2) is 10.0. The van der Waals surface area contributed by atoms with Gasteiger partial charge < -0.3 is 24.4 Å². The molecule has 1 aliphatic carbocycles. The van der Waals surface area contributed by atoms with Crippen LogP contribution in [0.2, 0.25) is 0 Å². The molecule has 0 bridgehead atoms. The molecule has 1 saturated carbocycles. The van der Waals surface area contributed by atoms with Crippen molar-refractivity contribution < 1.29 is 23.8 Å². The van der Waals surface area contributed by atoms with Crippen LogP contribution < -0.4 is 5.32 Å². The van der Waals surface area contributed by atoms with Crippen LogP contribution in [-0.2, 0) is 19.0 Å². The Kier molecular flexibility index (Phi) is 7.29. The van der Waals surface area contributed by atoms with E-state index >= 15 is 0 Å². The van der Waals surface area contributed by atoms with Crippen molar-refractivity contribution in [3.63, 3.8) is 0 Å². The van der Waals surface area contributed by atoms with Crippen molar-refractivity contribution >= 4 is 12.0 Å². The molecule has 4 rings (SSSR count). The van der Waals surface area contributed by atoms with Crippen LogP contribution in [0, 0.1) is 0 Å². The number of piperidine rings is 1. The van der Waals surface area contributed by atoms with E-state index in [2.05, 4.69) is 35.6 Å². The summed E-state index contributed by atoms with van der Waals surface area (Å²) in [5, 5.41) is 3.15. The van der Waals surface area contributed by atoms with Gasteiger partial charge in [0.1, 0.15) is 12.2 Å². The number of likely N-dealkylation sites (tertiary alicyclic amines) is 1. The molecule has 2 aliphatic heterocycles. The predicted molar refractivity (Wildman–Crippen MR) is 125 cm³/mol. The molecule has 1 N–H and O–H groups in total. The van der Waals surface area contributed by atoms with Gasteiger partial charge in [-0.25, -0.2) is 4.79 Å². The van der Waals surface area contributed by atoms with Crippen molar-refractivity contribution in [2.75, 3.05) is 26.4 Å². The molecule has 2 unspecified atom stereocenters. The minimum Gasteiger partial charge on any atom is -0.444 e. The number of nitrogens with one attached hydrogen (secondary N) is 1. The second-order valence-electron chi connectivity index (χ2n) is 10.7. The fourth-order valence-corrected chi connectivity index (χ4v) is 5.48. The number of carbonyl (C=O) groups excluding carboxylic acids is 2. The van der Waals surface area contributed by atoms with Crippen LogP contribution in [0.1, 0.15) is 70.8 Å². The summed E-state index contributed by atoms with van der Waals surface area (Å²) in [5.74, 6) is 0.442. The molecule has 1 aromatic rings. The molecular weight excluding hydrogens is 420 g/mol. The van der Waals surface area contributed by atoms with Crippen LogP contribution >= 0.6 is 0 Å². The third-order valence-electron chi connectivity index (χ3n) is 7.08. The maximum Gasteiger partial charge on any atom is 0.410 e. The molecule has 2 saturated heterocycles. The SMILES string of the molecule is CC(C)(C)OC(=O)N1CCCC2(COCC(=O)N2)C1COC1CCC(c2ccccc2)CC1. The molecule has 7 heteroatoms. The molecule has 33 heavy (non-hydrogen) atoms. The Morgan fingerprint density at radius 1 is 1.18 bits per heavy atom. The Hall–Kier alpha value is -2.12. The first-order valence-corrected chi connectivity index (χ1v) is 12.3. The van der Waals surface area contributed by atoms with Gasteiger partial charge in [-0.1, -0.05) is 30.3 Å². The maximum absolute atomic E-state index is 13.1. The van der Waals surface area contributed by atoms with Crippen molar-refractivity contribution in [3.05, 3.63) is 35.9 Å². The first-order chi connectivity index (χ1) is 15.8. The van der Waals surface area contributed by atoms with Crippen LogP contribution in [0.4, 0.5) is 4.79 Å². The zero-order chi connectivity index (χ0) is 23.5. The lowest BCUT2D eigenvalue weighted by atomic mass is 9.80. The minimum atomic E-state index is -0.633. The molecule has 2 atom stereocenters. The highest BCUT2D eigenvalue weighted by Gasteiger charge is 2.50. The number of carbonyl (C=O) groups is 2. The molecule has 7 nitrogen and oxygen atoms in total. The van der Waals surface area contributed by atoms with Gasteiger partial charge in [0.05, 0.1) is 30.9 Å². The lowest BCUT2D eigenvalue weighted by Gasteiger charge is -2.51. The van der Waals surface area contributed by atoms with Gasteiger partial charge in [-0.3, -0.25) is 4.79 Å². The average Bonchev–Trinajstić information content (AvgIpc) is 2.78. The van der Waals surface area contributed by atoms with Gasteiger partial charge in [0.2, 0.25) is 5.91 Å². The monoisotopic (exact) mass is 458 g/mol. The highest BCUT2D eigenvalue weighted by atomic mass is 16.6. The van der Waals surface area contributed by atoms with Gasteiger partial charge in [0.25, 0.3) is 0 Å². The summed E-state index contributed by atoms with van der Waals surface area (Å²) in [6, 6.07) is 10.4. The number of amides is 2. The van der Waals surface area contributed by atoms with Crippen LogP contribution in [0.3, 0.4) is 0 Å². The number of rotatable bonds is 4. The Morgan fingerprint density at radius 3 is 2.58 bits per heavy atom. The van der Waals surface area contributed by atoms with E-state index in [9.17, 15) is 9.59 Å². The molecule has 2 amide bonds. The maximum atomic E-state index is 13.1. The van der Waals surface area contributed by atoms with E-state index in [0.29, 0.717) is 25.7 Å². The number of benzene rings is 1. The van der Waals surface area contributed by atoms with E-state index in [4.69, 9.17) is 14.2 Å². The fraction of sp³-hybridized carbons (Fsp3) is 0.692. The lowest BCUT2D eigenvalue weighted by molar-refractivity contribution is -0.144. The molecule has 2 heterocycles. The van der Waals surface area contributed by atoms with Gasteiger partial charge in [0.15, 0.2) is 0 Å². The van der Waals surface area contributed by atoms with Gasteiger partial charge >= 0.3 is 6.09 Å². The minimum absolute atomic E-state index is 0.0608. The van der Waals surface area contributed by atoms with Crippen LogP contribution in [0.5, 0.6) is 0 Å². The van der Waals surface area contributed by atoms with Crippen LogP contribution in [0.25, 0.3) is 0 Å². The summed E-state index contributed by atoms with van der Waals surface area (Å²) in [4.78, 5) is 27.1. The Bertz CT molecular complexity index is 812. The van der Waals surface area contributed by atoms with Gasteiger partial charge in [0, 0.05) is 6.54 Å². The molecule has 1 spiro atoms. The summed E-state index contributed by atoms with van der Waals surface area (Å²) in [5.41, 5.74) is 0.182. The summed E-state index contributed by atoms with van der Waals surface area (Å²) in [7, 11) is 0. The largest absolute Gasteiger partial charge is 0.444 e. The van der Waals surface area contributed by atoms with E-state index in [0.717, 1.165) is 38.5 Å². The third-order valence-corrected chi connectivity index (χ3v) is 7.08. The number of hydrogen-bond acceptors (Lipinski definition) is 5. The normalized spacial score (nSPS) is 30.7. The van der Waals surface area contributed by atoms with E-state index in [1.54, 1.807) is 4.90 Å². The highest BCUT2D eigenvalue weighted by molar-refractivity contribution is 5.79. The number of ether oxygens (including phenoxy) is 3. The Morgan fingerprint density at radius 2 is 1.91 bits per heavy atom. The highest BCUT2D eigenvalue weighted by Crippen LogP contribution is 2.36. The summed E-state index contributed by atoms with van der Waals surface area (Å²) < 4.78 is 17.8. The summed E-state index contributed by atoms with van der Waals surface area (Å²) in [6.45, 7) is 7.00. The predicted octanol–water partition coefficient (Wildman–Crippen LogP) is 4.01. The van der Waals surface area contributed by atoms with Crippen molar-refractivity contribution in [1.29, 1.82) is 0 Å². The van der Waals surface area contributed by atoms with Gasteiger partial charge in [-0.15, -0.1) is 0 Å². The van der Waals surface area contributed by atoms with E-state index in [1.165, 1.54) is 5.56 Å². The molecule has 3 fully saturated rings. The van der Waals surface area contributed by atoms with Crippen molar-refractivity contribution in [2.45, 2.75) is 88.5 Å². The molecular formula is C26H38N2O5. The second-order valence-corrected chi connectivity index (χ2v) is 10.7. The fourth-order valence-electron chi connectivity index (χ4n) is 5.48. The number of hydrogen-bond donors (Lipinski definition) is 1. The molecule has 0 aromatic heterocycles. The van der Waals surface area contributed by atoms with Crippen molar-refractivity contribution in [1.82, 2.24) is 10.2 Å². The topological polar surface area (TPSA) is 77.1 Å².